The second kappa shape index (κ2) is 4.38. The summed E-state index contributed by atoms with van der Waals surface area (Å²) in [6, 6.07) is -0.157. The van der Waals surface area contributed by atoms with Crippen LogP contribution in [0.2, 0.25) is 0 Å². The molecule has 16 heavy (non-hydrogen) atoms. The molecule has 0 saturated carbocycles. The Morgan fingerprint density at radius 3 is 2.19 bits per heavy atom. The molecule has 0 spiro atoms. The van der Waals surface area contributed by atoms with Crippen molar-refractivity contribution in [2.75, 3.05) is 12.0 Å². The molecule has 0 aliphatic carbocycles. The quantitative estimate of drug-likeness (QED) is 0.742. The van der Waals surface area contributed by atoms with Crippen LogP contribution in [0.25, 0.3) is 0 Å². The molecule has 0 fully saturated rings. The van der Waals surface area contributed by atoms with Gasteiger partial charge in [0.2, 0.25) is 0 Å². The number of ether oxygens (including phenoxy) is 1. The van der Waals surface area contributed by atoms with Crippen molar-refractivity contribution in [3.63, 3.8) is 0 Å². The molecule has 9 heteroatoms. The summed E-state index contributed by atoms with van der Waals surface area (Å²) in [5, 5.41) is 17.3. The Kier molecular flexibility index (Phi) is 3.18. The van der Waals surface area contributed by atoms with Crippen molar-refractivity contribution in [3.05, 3.63) is 5.82 Å². The van der Waals surface area contributed by atoms with E-state index in [0.29, 0.717) is 0 Å². The highest BCUT2D eigenvalue weighted by Crippen LogP contribution is 2.12. The van der Waals surface area contributed by atoms with E-state index in [9.17, 15) is 9.59 Å². The zero-order valence-corrected chi connectivity index (χ0v) is 8.41. The summed E-state index contributed by atoms with van der Waals surface area (Å²) >= 11 is 0. The number of amides is 2. The van der Waals surface area contributed by atoms with Crippen LogP contribution in [0, 0.1) is 6.92 Å². The van der Waals surface area contributed by atoms with Gasteiger partial charge in [0.15, 0.2) is 0 Å². The number of hydrogen-bond acceptors (Lipinski definition) is 6. The van der Waals surface area contributed by atoms with Gasteiger partial charge in [-0.1, -0.05) is 0 Å². The first-order valence-corrected chi connectivity index (χ1v) is 3.98. The van der Waals surface area contributed by atoms with Gasteiger partial charge in [-0.15, -0.1) is 4.90 Å². The Labute approximate surface area is 89.3 Å². The zero-order chi connectivity index (χ0) is 12.3. The van der Waals surface area contributed by atoms with Crippen LogP contribution < -0.4 is 9.64 Å². The van der Waals surface area contributed by atoms with Crippen LogP contribution in [0.4, 0.5) is 15.5 Å². The maximum atomic E-state index is 10.7. The van der Waals surface area contributed by atoms with Gasteiger partial charge in [-0.2, -0.15) is 15.0 Å². The lowest BCUT2D eigenvalue weighted by Crippen LogP contribution is -2.36. The zero-order valence-electron chi connectivity index (χ0n) is 8.41. The average molecular weight is 228 g/mol. The summed E-state index contributed by atoms with van der Waals surface area (Å²) in [4.78, 5) is 32.1. The van der Waals surface area contributed by atoms with E-state index >= 15 is 0 Å². The molecule has 0 saturated heterocycles. The van der Waals surface area contributed by atoms with E-state index in [1.165, 1.54) is 14.0 Å². The van der Waals surface area contributed by atoms with Gasteiger partial charge in [0.1, 0.15) is 5.82 Å². The third-order valence-electron chi connectivity index (χ3n) is 1.48. The van der Waals surface area contributed by atoms with Crippen LogP contribution in [0.15, 0.2) is 0 Å². The maximum Gasteiger partial charge on any atom is 0.424 e. The molecule has 0 atom stereocenters. The predicted octanol–water partition coefficient (Wildman–Crippen LogP) is 0.351. The van der Waals surface area contributed by atoms with Crippen molar-refractivity contribution >= 4 is 18.1 Å². The molecule has 0 bridgehead atoms. The first-order valence-electron chi connectivity index (χ1n) is 3.98. The minimum atomic E-state index is -1.71. The summed E-state index contributed by atoms with van der Waals surface area (Å²) < 4.78 is 4.67. The summed E-state index contributed by atoms with van der Waals surface area (Å²) in [5.41, 5.74) is 0. The van der Waals surface area contributed by atoms with Gasteiger partial charge < -0.3 is 14.9 Å². The number of carboxylic acid groups (broad SMARTS) is 2. The van der Waals surface area contributed by atoms with Crippen LogP contribution in [-0.4, -0.2) is 44.5 Å². The van der Waals surface area contributed by atoms with Crippen LogP contribution >= 0.6 is 0 Å². The Balaban J connectivity index is 3.24. The van der Waals surface area contributed by atoms with E-state index in [-0.39, 0.29) is 16.7 Å². The summed E-state index contributed by atoms with van der Waals surface area (Å²) in [5.74, 6) is -0.376. The lowest BCUT2D eigenvalue weighted by atomic mass is 10.6. The summed E-state index contributed by atoms with van der Waals surface area (Å²) in [6.45, 7) is 1.45. The van der Waals surface area contributed by atoms with Gasteiger partial charge in [0, 0.05) is 0 Å². The molecule has 0 unspecified atom stereocenters. The smallest absolute Gasteiger partial charge is 0.424 e. The molecule has 2 amide bonds. The normalized spacial score (nSPS) is 9.62. The first kappa shape index (κ1) is 11.6. The maximum absolute atomic E-state index is 10.7. The van der Waals surface area contributed by atoms with E-state index in [0.717, 1.165) is 0 Å². The van der Waals surface area contributed by atoms with Gasteiger partial charge in [0.05, 0.1) is 7.11 Å². The molecule has 1 aromatic heterocycles. The summed E-state index contributed by atoms with van der Waals surface area (Å²) in [6.07, 6.45) is -3.42. The van der Waals surface area contributed by atoms with E-state index in [1.54, 1.807) is 0 Å². The Bertz CT molecular complexity index is 421. The summed E-state index contributed by atoms with van der Waals surface area (Å²) in [7, 11) is 1.27. The van der Waals surface area contributed by atoms with Crippen LogP contribution in [0.1, 0.15) is 5.82 Å². The molecule has 1 rings (SSSR count). The number of anilines is 1. The van der Waals surface area contributed by atoms with Crippen LogP contribution in [-0.2, 0) is 0 Å². The lowest BCUT2D eigenvalue weighted by Gasteiger charge is -2.11. The highest BCUT2D eigenvalue weighted by molar-refractivity contribution is 6.06. The number of methoxy groups -OCH3 is 1. The highest BCUT2D eigenvalue weighted by Gasteiger charge is 2.26. The van der Waals surface area contributed by atoms with Gasteiger partial charge in [0.25, 0.3) is 5.95 Å². The van der Waals surface area contributed by atoms with Crippen molar-refractivity contribution in [2.24, 2.45) is 0 Å². The highest BCUT2D eigenvalue weighted by atomic mass is 16.5. The molecule has 1 heterocycles. The third kappa shape index (κ3) is 2.32. The van der Waals surface area contributed by atoms with E-state index in [4.69, 9.17) is 10.2 Å². The largest absolute Gasteiger partial charge is 0.467 e. The molecule has 0 aromatic carbocycles. The number of imide groups is 1. The van der Waals surface area contributed by atoms with Crippen molar-refractivity contribution < 1.29 is 24.5 Å². The lowest BCUT2D eigenvalue weighted by molar-refractivity contribution is 0.183. The second-order valence-electron chi connectivity index (χ2n) is 2.57. The van der Waals surface area contributed by atoms with Crippen molar-refractivity contribution in [2.45, 2.75) is 6.92 Å². The van der Waals surface area contributed by atoms with E-state index in [1.807, 2.05) is 0 Å². The number of nitrogens with zero attached hydrogens (tertiary/aromatic N) is 4. The van der Waals surface area contributed by atoms with Crippen molar-refractivity contribution in [1.29, 1.82) is 0 Å². The monoisotopic (exact) mass is 228 g/mol. The molecule has 9 nitrogen and oxygen atoms in total. The first-order chi connectivity index (χ1) is 7.45. The fourth-order valence-corrected chi connectivity index (χ4v) is 0.888. The number of aromatic nitrogens is 3. The van der Waals surface area contributed by atoms with Gasteiger partial charge in [-0.05, 0) is 6.92 Å². The molecule has 86 valence electrons. The van der Waals surface area contributed by atoms with E-state index in [2.05, 4.69) is 19.7 Å². The van der Waals surface area contributed by atoms with Crippen molar-refractivity contribution in [1.82, 2.24) is 15.0 Å². The van der Waals surface area contributed by atoms with Gasteiger partial charge >= 0.3 is 18.2 Å². The Hall–Kier alpha value is -2.45. The minimum Gasteiger partial charge on any atom is -0.467 e. The Morgan fingerprint density at radius 2 is 1.75 bits per heavy atom. The molecule has 2 N–H and O–H groups in total. The number of hydrogen-bond donors (Lipinski definition) is 2. The van der Waals surface area contributed by atoms with Gasteiger partial charge in [-0.3, -0.25) is 0 Å². The fraction of sp³-hybridized carbons (Fsp3) is 0.286. The average Bonchev–Trinajstić information content (AvgIpc) is 2.15. The molecular formula is C7H8N4O5. The SMILES string of the molecule is COc1nc(C)nc(N(C(=O)O)C(=O)O)n1. The minimum absolute atomic E-state index is 0.0306. The second-order valence-corrected chi connectivity index (χ2v) is 2.57. The predicted molar refractivity (Wildman–Crippen MR) is 49.6 cm³/mol. The molecule has 0 aliphatic rings. The number of carbonyl (C=O) groups is 2. The Morgan fingerprint density at radius 1 is 1.19 bits per heavy atom. The van der Waals surface area contributed by atoms with Gasteiger partial charge in [-0.25, -0.2) is 9.59 Å². The number of aryl methyl sites for hydroxylation is 1. The number of rotatable bonds is 2. The fourth-order valence-electron chi connectivity index (χ4n) is 0.888. The topological polar surface area (TPSA) is 126 Å². The molecule has 1 aromatic rings. The van der Waals surface area contributed by atoms with E-state index < -0.39 is 18.1 Å². The van der Waals surface area contributed by atoms with Crippen LogP contribution in [0.3, 0.4) is 0 Å². The molecular weight excluding hydrogens is 220 g/mol. The molecule has 0 radical (unpaired) electrons. The van der Waals surface area contributed by atoms with Crippen molar-refractivity contribution in [3.8, 4) is 6.01 Å². The van der Waals surface area contributed by atoms with Crippen LogP contribution in [0.5, 0.6) is 6.01 Å². The standard InChI is InChI=1S/C7H8N4O5/c1-3-8-4(10-5(9-3)16-2)11(6(12)13)7(14)15/h1-2H3,(H,12,13)(H,14,15). The molecule has 0 aliphatic heterocycles. The third-order valence-corrected chi connectivity index (χ3v) is 1.48.